The van der Waals surface area contributed by atoms with Crippen LogP contribution in [0.4, 0.5) is 26.3 Å². The Morgan fingerprint density at radius 3 is 1.72 bits per heavy atom. The summed E-state index contributed by atoms with van der Waals surface area (Å²) in [5.41, 5.74) is 0.243. The van der Waals surface area contributed by atoms with Crippen LogP contribution in [0.25, 0.3) is 6.08 Å². The molecule has 0 radical (unpaired) electrons. The first-order valence-electron chi connectivity index (χ1n) is 6.43. The fourth-order valence-electron chi connectivity index (χ4n) is 1.65. The number of halogens is 6. The van der Waals surface area contributed by atoms with E-state index in [1.807, 2.05) is 0 Å². The summed E-state index contributed by atoms with van der Waals surface area (Å²) >= 11 is 0. The predicted molar refractivity (Wildman–Crippen MR) is 78.0 cm³/mol. The molecule has 0 N–H and O–H groups in total. The molecular weight excluding hydrogens is 398 g/mol. The van der Waals surface area contributed by atoms with Crippen LogP contribution in [0, 0.1) is 0 Å². The molecule has 0 saturated heterocycles. The molecule has 4 nitrogen and oxygen atoms in total. The van der Waals surface area contributed by atoms with Crippen LogP contribution in [-0.2, 0) is 19.7 Å². The Morgan fingerprint density at radius 1 is 0.920 bits per heavy atom. The maximum atomic E-state index is 13.9. The van der Waals surface area contributed by atoms with E-state index in [4.69, 9.17) is 0 Å². The van der Waals surface area contributed by atoms with Crippen molar-refractivity contribution in [2.45, 2.75) is 28.3 Å². The van der Waals surface area contributed by atoms with Crippen molar-refractivity contribution in [3.8, 4) is 0 Å². The van der Waals surface area contributed by atoms with Crippen molar-refractivity contribution in [2.75, 3.05) is 5.75 Å². The van der Waals surface area contributed by atoms with E-state index in [-0.39, 0.29) is 5.56 Å². The van der Waals surface area contributed by atoms with E-state index in [0.29, 0.717) is 19.1 Å². The number of alkyl halides is 6. The van der Waals surface area contributed by atoms with Gasteiger partial charge in [0.15, 0.2) is 0 Å². The molecule has 0 fully saturated rings. The van der Waals surface area contributed by atoms with E-state index in [1.54, 1.807) is 0 Å². The highest BCUT2D eigenvalue weighted by Crippen LogP contribution is 2.52. The fraction of sp³-hybridized carbons (Fsp3) is 0.385. The van der Waals surface area contributed by atoms with E-state index in [0.717, 1.165) is 12.1 Å². The Morgan fingerprint density at radius 2 is 1.36 bits per heavy atom. The number of hydrogen-bond donors (Lipinski definition) is 0. The van der Waals surface area contributed by atoms with Gasteiger partial charge in [-0.25, -0.2) is 16.8 Å². The first-order chi connectivity index (χ1) is 11.1. The van der Waals surface area contributed by atoms with E-state index < -0.39 is 46.8 Å². The molecule has 1 aromatic carbocycles. The number of sulfone groups is 2. The van der Waals surface area contributed by atoms with Gasteiger partial charge < -0.3 is 0 Å². The van der Waals surface area contributed by atoms with Crippen molar-refractivity contribution in [1.82, 2.24) is 0 Å². The zero-order valence-corrected chi connectivity index (χ0v) is 14.2. The topological polar surface area (TPSA) is 68.3 Å². The number of rotatable bonds is 7. The molecule has 0 aliphatic carbocycles. The second-order valence-corrected chi connectivity index (χ2v) is 9.10. The maximum absolute atomic E-state index is 13.9. The van der Waals surface area contributed by atoms with Crippen LogP contribution in [0.1, 0.15) is 12.5 Å². The van der Waals surface area contributed by atoms with Gasteiger partial charge in [0.1, 0.15) is 0 Å². The molecule has 0 unspecified atom stereocenters. The van der Waals surface area contributed by atoms with Crippen LogP contribution < -0.4 is 0 Å². The van der Waals surface area contributed by atoms with Crippen LogP contribution in [0.3, 0.4) is 0 Å². The fourth-order valence-corrected chi connectivity index (χ4v) is 3.85. The predicted octanol–water partition coefficient (Wildman–Crippen LogP) is 3.36. The summed E-state index contributed by atoms with van der Waals surface area (Å²) in [4.78, 5) is -1.38. The van der Waals surface area contributed by atoms with Crippen molar-refractivity contribution >= 4 is 25.8 Å². The molecule has 0 aliphatic rings. The lowest BCUT2D eigenvalue weighted by Gasteiger charge is -2.31. The maximum Gasteiger partial charge on any atom is 0.418 e. The molecule has 0 spiro atoms. The molecule has 1 aromatic rings. The van der Waals surface area contributed by atoms with Crippen molar-refractivity contribution < 1.29 is 43.2 Å². The molecule has 12 heteroatoms. The summed E-state index contributed by atoms with van der Waals surface area (Å²) in [7, 11) is -12.4. The molecule has 0 saturated carbocycles. The highest BCUT2D eigenvalue weighted by Gasteiger charge is 2.81. The molecule has 0 amide bonds. The van der Waals surface area contributed by atoms with Crippen molar-refractivity contribution in [3.63, 3.8) is 0 Å². The quantitative estimate of drug-likeness (QED) is 0.647. The average Bonchev–Trinajstić information content (AvgIpc) is 2.54. The van der Waals surface area contributed by atoms with Gasteiger partial charge in [-0.15, -0.1) is 0 Å². The van der Waals surface area contributed by atoms with Crippen LogP contribution in [0.5, 0.6) is 0 Å². The van der Waals surface area contributed by atoms with Gasteiger partial charge in [0.05, 0.1) is 10.6 Å². The Bertz CT molecular complexity index is 858. The normalized spacial score (nSPS) is 14.4. The summed E-state index contributed by atoms with van der Waals surface area (Å²) in [5, 5.41) is -12.7. The minimum atomic E-state index is -6.70. The van der Waals surface area contributed by atoms with Gasteiger partial charge in [0.25, 0.3) is 0 Å². The van der Waals surface area contributed by atoms with Crippen molar-refractivity contribution in [1.29, 1.82) is 0 Å². The lowest BCUT2D eigenvalue weighted by molar-refractivity contribution is -0.243. The largest absolute Gasteiger partial charge is 0.418 e. The van der Waals surface area contributed by atoms with E-state index in [1.165, 1.54) is 6.08 Å². The van der Waals surface area contributed by atoms with Crippen LogP contribution in [0.15, 0.2) is 35.7 Å². The zero-order chi connectivity index (χ0) is 19.9. The van der Waals surface area contributed by atoms with Gasteiger partial charge >= 0.3 is 16.4 Å². The summed E-state index contributed by atoms with van der Waals surface area (Å²) in [6, 6.07) is 2.83. The third-order valence-corrected chi connectivity index (χ3v) is 6.89. The Labute approximate surface area is 140 Å². The second-order valence-electron chi connectivity index (χ2n) is 4.79. The van der Waals surface area contributed by atoms with Gasteiger partial charge in [0.2, 0.25) is 19.7 Å². The minimum Gasteiger partial charge on any atom is -0.222 e. The standard InChI is InChI=1S/C13H12F6O4S2/c1-3-9-5-7-10(8-6-9)25(22,23)13(18,19)11(14,15)12(16,17)24(20,21)4-2/h3,5-8H,1,4H2,2H3. The lowest BCUT2D eigenvalue weighted by Crippen LogP contribution is -2.60. The monoisotopic (exact) mass is 410 g/mol. The first-order valence-corrected chi connectivity index (χ1v) is 9.56. The third kappa shape index (κ3) is 3.05. The smallest absolute Gasteiger partial charge is 0.222 e. The molecule has 0 bridgehead atoms. The van der Waals surface area contributed by atoms with Crippen LogP contribution >= 0.6 is 0 Å². The highest BCUT2D eigenvalue weighted by molar-refractivity contribution is 7.93. The van der Waals surface area contributed by atoms with Crippen LogP contribution in [0.2, 0.25) is 0 Å². The van der Waals surface area contributed by atoms with Crippen molar-refractivity contribution in [3.05, 3.63) is 36.4 Å². The van der Waals surface area contributed by atoms with Gasteiger partial charge in [-0.05, 0) is 17.7 Å². The Balaban J connectivity index is 3.58. The summed E-state index contributed by atoms with van der Waals surface area (Å²) in [6.07, 6.45) is 1.19. The second kappa shape index (κ2) is 6.31. The number of hydrogen-bond acceptors (Lipinski definition) is 4. The summed E-state index contributed by atoms with van der Waals surface area (Å²) < 4.78 is 128. The van der Waals surface area contributed by atoms with E-state index in [9.17, 15) is 43.2 Å². The van der Waals surface area contributed by atoms with E-state index in [2.05, 4.69) is 6.58 Å². The lowest BCUT2D eigenvalue weighted by atomic mass is 10.2. The molecule has 0 aromatic heterocycles. The van der Waals surface area contributed by atoms with E-state index >= 15 is 0 Å². The summed E-state index contributed by atoms with van der Waals surface area (Å²) in [5.74, 6) is -8.30. The Kier molecular flexibility index (Phi) is 5.42. The molecular formula is C13H12F6O4S2. The highest BCUT2D eigenvalue weighted by atomic mass is 32.2. The molecule has 142 valence electrons. The van der Waals surface area contributed by atoms with Gasteiger partial charge in [-0.1, -0.05) is 31.7 Å². The summed E-state index contributed by atoms with van der Waals surface area (Å²) in [6.45, 7) is 3.82. The molecule has 0 aliphatic heterocycles. The van der Waals surface area contributed by atoms with Crippen LogP contribution in [-0.4, -0.2) is 39.0 Å². The van der Waals surface area contributed by atoms with Gasteiger partial charge in [-0.2, -0.15) is 26.3 Å². The molecule has 0 heterocycles. The Hall–Kier alpha value is -1.56. The first kappa shape index (κ1) is 21.5. The third-order valence-electron chi connectivity index (χ3n) is 3.27. The van der Waals surface area contributed by atoms with Gasteiger partial charge in [0, 0.05) is 0 Å². The molecule has 0 atom stereocenters. The van der Waals surface area contributed by atoms with Crippen molar-refractivity contribution in [2.24, 2.45) is 0 Å². The average molecular weight is 410 g/mol. The minimum absolute atomic E-state index is 0.243. The molecule has 1 rings (SSSR count). The van der Waals surface area contributed by atoms with Gasteiger partial charge in [-0.3, -0.25) is 0 Å². The number of benzene rings is 1. The molecule has 25 heavy (non-hydrogen) atoms. The zero-order valence-electron chi connectivity index (χ0n) is 12.5. The SMILES string of the molecule is C=Cc1ccc(S(=O)(=O)C(F)(F)C(F)(F)C(F)(F)S(=O)(=O)CC)cc1.